The monoisotopic (exact) mass is 306 g/mol. The van der Waals surface area contributed by atoms with E-state index in [0.717, 1.165) is 13.0 Å². The van der Waals surface area contributed by atoms with Gasteiger partial charge in [0.2, 0.25) is 0 Å². The van der Waals surface area contributed by atoms with E-state index in [1.807, 2.05) is 4.90 Å². The number of carbonyl (C=O) groups is 1. The molecule has 7 heteroatoms. The van der Waals surface area contributed by atoms with E-state index in [0.29, 0.717) is 37.6 Å². The van der Waals surface area contributed by atoms with Crippen molar-refractivity contribution in [3.63, 3.8) is 0 Å². The van der Waals surface area contributed by atoms with Gasteiger partial charge >= 0.3 is 5.97 Å². The molecule has 7 nitrogen and oxygen atoms in total. The van der Waals surface area contributed by atoms with Crippen molar-refractivity contribution >= 4 is 17.6 Å². The van der Waals surface area contributed by atoms with Crippen molar-refractivity contribution in [3.05, 3.63) is 25.0 Å². The van der Waals surface area contributed by atoms with E-state index in [4.69, 9.17) is 5.11 Å². The van der Waals surface area contributed by atoms with Gasteiger partial charge in [0.25, 0.3) is 0 Å². The third kappa shape index (κ3) is 3.54. The first-order valence-corrected chi connectivity index (χ1v) is 7.37. The molecule has 0 amide bonds. The Bertz CT molecular complexity index is 537. The third-order valence-electron chi connectivity index (χ3n) is 3.96. The summed E-state index contributed by atoms with van der Waals surface area (Å²) in [5.74, 6) is 0.531. The fourth-order valence-electron chi connectivity index (χ4n) is 2.83. The zero-order valence-electron chi connectivity index (χ0n) is 12.5. The Morgan fingerprint density at radius 2 is 2.36 bits per heavy atom. The van der Waals surface area contributed by atoms with E-state index in [1.54, 1.807) is 12.1 Å². The first-order valence-electron chi connectivity index (χ1n) is 7.37. The predicted octanol–water partition coefficient (Wildman–Crippen LogP) is 1.13. The molecule has 1 aliphatic rings. The van der Waals surface area contributed by atoms with Crippen molar-refractivity contribution in [2.75, 3.05) is 36.5 Å². The van der Waals surface area contributed by atoms with Gasteiger partial charge in [-0.05, 0) is 19.3 Å². The van der Waals surface area contributed by atoms with Crippen LogP contribution in [0.1, 0.15) is 19.3 Å². The number of aliphatic hydroxyl groups is 1. The van der Waals surface area contributed by atoms with Crippen LogP contribution in [0.4, 0.5) is 11.6 Å². The van der Waals surface area contributed by atoms with Crippen LogP contribution in [-0.2, 0) is 4.79 Å². The van der Waals surface area contributed by atoms with Crippen LogP contribution in [0.15, 0.2) is 25.0 Å². The predicted molar refractivity (Wildman–Crippen MR) is 83.9 cm³/mol. The summed E-state index contributed by atoms with van der Waals surface area (Å²) in [5, 5.41) is 21.4. The summed E-state index contributed by atoms with van der Waals surface area (Å²) in [6, 6.07) is 1.78. The van der Waals surface area contributed by atoms with Crippen molar-refractivity contribution in [3.8, 4) is 0 Å². The summed E-state index contributed by atoms with van der Waals surface area (Å²) < 4.78 is 0. The average molecular weight is 306 g/mol. The minimum Gasteiger partial charge on any atom is -0.481 e. The van der Waals surface area contributed by atoms with Gasteiger partial charge in [-0.3, -0.25) is 4.79 Å². The molecule has 1 aromatic heterocycles. The van der Waals surface area contributed by atoms with E-state index in [1.165, 1.54) is 6.33 Å². The first kappa shape index (κ1) is 16.2. The second kappa shape index (κ2) is 7.22. The molecule has 1 aliphatic heterocycles. The minimum absolute atomic E-state index is 0.0184. The molecule has 0 aromatic carbocycles. The summed E-state index contributed by atoms with van der Waals surface area (Å²) in [6.45, 7) is 5.29. The molecule has 0 unspecified atom stereocenters. The van der Waals surface area contributed by atoms with E-state index in [9.17, 15) is 9.90 Å². The van der Waals surface area contributed by atoms with Gasteiger partial charge in [0.1, 0.15) is 18.0 Å². The highest BCUT2D eigenvalue weighted by Crippen LogP contribution is 2.36. The maximum atomic E-state index is 11.7. The average Bonchev–Trinajstić information content (AvgIpc) is 2.53. The van der Waals surface area contributed by atoms with Gasteiger partial charge in [0.05, 0.1) is 12.0 Å². The van der Waals surface area contributed by atoms with Gasteiger partial charge in [-0.1, -0.05) is 6.08 Å². The van der Waals surface area contributed by atoms with E-state index >= 15 is 0 Å². The number of piperidine rings is 1. The molecule has 1 atom stereocenters. The Labute approximate surface area is 129 Å². The third-order valence-corrected chi connectivity index (χ3v) is 3.96. The SMILES string of the molecule is C=CC[C@@]1(C(=O)O)CCCN(c2cc(NCCO)ncn2)C1. The van der Waals surface area contributed by atoms with Crippen molar-refractivity contribution in [1.29, 1.82) is 0 Å². The second-order valence-electron chi connectivity index (χ2n) is 5.52. The lowest BCUT2D eigenvalue weighted by molar-refractivity contribution is -0.149. The number of aliphatic carboxylic acids is 1. The molecular weight excluding hydrogens is 284 g/mol. The molecular formula is C15H22N4O3. The molecule has 2 rings (SSSR count). The summed E-state index contributed by atoms with van der Waals surface area (Å²) in [6.07, 6.45) is 5.00. The number of aliphatic hydroxyl groups excluding tert-OH is 1. The molecule has 0 bridgehead atoms. The number of aromatic nitrogens is 2. The Hall–Kier alpha value is -2.15. The summed E-state index contributed by atoms with van der Waals surface area (Å²) in [4.78, 5) is 22.0. The van der Waals surface area contributed by atoms with Crippen molar-refractivity contribution in [1.82, 2.24) is 9.97 Å². The Balaban J connectivity index is 2.18. The van der Waals surface area contributed by atoms with Crippen LogP contribution in [0.5, 0.6) is 0 Å². The maximum Gasteiger partial charge on any atom is 0.311 e. The highest BCUT2D eigenvalue weighted by atomic mass is 16.4. The molecule has 1 aromatic rings. The highest BCUT2D eigenvalue weighted by molar-refractivity contribution is 5.76. The largest absolute Gasteiger partial charge is 0.481 e. The minimum atomic E-state index is -0.802. The van der Waals surface area contributed by atoms with Gasteiger partial charge in [0, 0.05) is 25.7 Å². The van der Waals surface area contributed by atoms with Crippen molar-refractivity contribution in [2.24, 2.45) is 5.41 Å². The lowest BCUT2D eigenvalue weighted by atomic mass is 9.77. The lowest BCUT2D eigenvalue weighted by Crippen LogP contribution is -2.48. The number of carboxylic acids is 1. The van der Waals surface area contributed by atoms with Crippen LogP contribution in [0.3, 0.4) is 0 Å². The molecule has 0 aliphatic carbocycles. The van der Waals surface area contributed by atoms with Crippen LogP contribution in [0.25, 0.3) is 0 Å². The summed E-state index contributed by atoms with van der Waals surface area (Å²) >= 11 is 0. The Morgan fingerprint density at radius 1 is 1.55 bits per heavy atom. The van der Waals surface area contributed by atoms with Gasteiger partial charge in [-0.2, -0.15) is 0 Å². The lowest BCUT2D eigenvalue weighted by Gasteiger charge is -2.40. The topological polar surface area (TPSA) is 98.6 Å². The molecule has 3 N–H and O–H groups in total. The van der Waals surface area contributed by atoms with E-state index in [-0.39, 0.29) is 6.61 Å². The molecule has 120 valence electrons. The molecule has 0 radical (unpaired) electrons. The number of nitrogens with one attached hydrogen (secondary N) is 1. The Morgan fingerprint density at radius 3 is 3.05 bits per heavy atom. The first-order chi connectivity index (χ1) is 10.6. The normalized spacial score (nSPS) is 21.4. The van der Waals surface area contributed by atoms with Crippen LogP contribution in [0, 0.1) is 5.41 Å². The maximum absolute atomic E-state index is 11.7. The van der Waals surface area contributed by atoms with Crippen LogP contribution < -0.4 is 10.2 Å². The number of allylic oxidation sites excluding steroid dienone is 1. The smallest absolute Gasteiger partial charge is 0.311 e. The number of rotatable bonds is 7. The van der Waals surface area contributed by atoms with E-state index < -0.39 is 11.4 Å². The van der Waals surface area contributed by atoms with Crippen LogP contribution >= 0.6 is 0 Å². The quantitative estimate of drug-likeness (QED) is 0.649. The standard InChI is InChI=1S/C15H22N4O3/c1-2-4-15(14(21)22)5-3-7-19(10-15)13-9-12(16-6-8-20)17-11-18-13/h2,9,11,20H,1,3-8,10H2,(H,21,22)(H,16,17,18)/t15-/m1/s1. The second-order valence-corrected chi connectivity index (χ2v) is 5.52. The summed E-state index contributed by atoms with van der Waals surface area (Å²) in [5.41, 5.74) is -0.802. The Kier molecular flexibility index (Phi) is 5.32. The van der Waals surface area contributed by atoms with Crippen LogP contribution in [-0.4, -0.2) is 52.4 Å². The van der Waals surface area contributed by atoms with Gasteiger partial charge in [-0.15, -0.1) is 6.58 Å². The number of carboxylic acid groups (broad SMARTS) is 1. The molecule has 1 saturated heterocycles. The number of hydrogen-bond donors (Lipinski definition) is 3. The van der Waals surface area contributed by atoms with E-state index in [2.05, 4.69) is 21.9 Å². The fourth-order valence-corrected chi connectivity index (χ4v) is 2.83. The van der Waals surface area contributed by atoms with Crippen LogP contribution in [0.2, 0.25) is 0 Å². The fraction of sp³-hybridized carbons (Fsp3) is 0.533. The van der Waals surface area contributed by atoms with Gasteiger partial charge < -0.3 is 20.4 Å². The zero-order chi connectivity index (χ0) is 16.0. The molecule has 22 heavy (non-hydrogen) atoms. The molecule has 1 fully saturated rings. The number of nitrogens with zero attached hydrogens (tertiary/aromatic N) is 3. The number of anilines is 2. The summed E-state index contributed by atoms with van der Waals surface area (Å²) in [7, 11) is 0. The molecule has 0 saturated carbocycles. The van der Waals surface area contributed by atoms with Gasteiger partial charge in [0.15, 0.2) is 0 Å². The molecule has 0 spiro atoms. The number of hydrogen-bond acceptors (Lipinski definition) is 6. The highest BCUT2D eigenvalue weighted by Gasteiger charge is 2.41. The molecule has 2 heterocycles. The zero-order valence-corrected chi connectivity index (χ0v) is 12.5. The van der Waals surface area contributed by atoms with Crippen molar-refractivity contribution in [2.45, 2.75) is 19.3 Å². The van der Waals surface area contributed by atoms with Crippen molar-refractivity contribution < 1.29 is 15.0 Å². The van der Waals surface area contributed by atoms with Gasteiger partial charge in [-0.25, -0.2) is 9.97 Å².